The molecule has 0 radical (unpaired) electrons. The first-order valence-corrected chi connectivity index (χ1v) is 5.79. The van der Waals surface area contributed by atoms with Gasteiger partial charge in [0.05, 0.1) is 10.8 Å². The molecule has 0 bridgehead atoms. The summed E-state index contributed by atoms with van der Waals surface area (Å²) in [6, 6.07) is 6.12. The van der Waals surface area contributed by atoms with E-state index in [4.69, 9.17) is 0 Å². The summed E-state index contributed by atoms with van der Waals surface area (Å²) in [5.41, 5.74) is 0.857. The van der Waals surface area contributed by atoms with Gasteiger partial charge in [-0.3, -0.25) is 14.9 Å². The van der Waals surface area contributed by atoms with Crippen molar-refractivity contribution >= 4 is 26.3 Å². The Morgan fingerprint density at radius 2 is 2.00 bits per heavy atom. The van der Waals surface area contributed by atoms with Crippen molar-refractivity contribution in [3.63, 3.8) is 0 Å². The minimum absolute atomic E-state index is 0.0426. The predicted octanol–water partition coefficient (Wildman–Crippen LogP) is 3.40. The second-order valence-electron chi connectivity index (χ2n) is 3.49. The number of carbonyl (C=O) groups excluding carboxylic acids is 1. The van der Waals surface area contributed by atoms with E-state index in [-0.39, 0.29) is 16.3 Å². The first-order valence-electron chi connectivity index (χ1n) is 5.00. The first kappa shape index (κ1) is 12.8. The number of hydrogen-bond donors (Lipinski definition) is 0. The minimum atomic E-state index is -0.450. The third-order valence-electron chi connectivity index (χ3n) is 2.36. The van der Waals surface area contributed by atoms with Crippen LogP contribution >= 0.6 is 15.9 Å². The predicted molar refractivity (Wildman–Crippen MR) is 64.7 cm³/mol. The Kier molecular flexibility index (Phi) is 4.61. The fourth-order valence-corrected chi connectivity index (χ4v) is 2.02. The Morgan fingerprint density at radius 3 is 2.38 bits per heavy atom. The molecule has 0 saturated heterocycles. The van der Waals surface area contributed by atoms with Gasteiger partial charge in [-0.05, 0) is 27.9 Å². The number of halogens is 1. The van der Waals surface area contributed by atoms with Crippen molar-refractivity contribution < 1.29 is 9.72 Å². The Balaban J connectivity index is 2.94. The maximum atomic E-state index is 11.3. The maximum absolute atomic E-state index is 11.3. The molecule has 1 aromatic rings. The summed E-state index contributed by atoms with van der Waals surface area (Å²) < 4.78 is -0.0804. The van der Waals surface area contributed by atoms with Crippen molar-refractivity contribution in [1.82, 2.24) is 0 Å². The van der Waals surface area contributed by atoms with Crippen LogP contribution < -0.4 is 0 Å². The maximum Gasteiger partial charge on any atom is 0.269 e. The number of non-ortho nitro benzene ring substituents is 1. The number of nitro benzene ring substituents is 1. The van der Waals surface area contributed by atoms with Gasteiger partial charge in [0.25, 0.3) is 5.69 Å². The number of hydrogen-bond acceptors (Lipinski definition) is 3. The van der Waals surface area contributed by atoms with E-state index in [1.54, 1.807) is 12.1 Å². The van der Waals surface area contributed by atoms with E-state index in [0.29, 0.717) is 0 Å². The molecule has 5 heteroatoms. The van der Waals surface area contributed by atoms with E-state index in [0.717, 1.165) is 18.4 Å². The van der Waals surface area contributed by atoms with Crippen LogP contribution in [-0.4, -0.2) is 9.62 Å². The number of carbonyl (C=O) groups is 1. The lowest BCUT2D eigenvalue weighted by Crippen LogP contribution is -2.05. The summed E-state index contributed by atoms with van der Waals surface area (Å²) in [7, 11) is 0. The summed E-state index contributed by atoms with van der Waals surface area (Å²) in [4.78, 5) is 21.4. The highest BCUT2D eigenvalue weighted by Gasteiger charge is 2.17. The fraction of sp³-hybridized carbons (Fsp3) is 0.364. The Labute approximate surface area is 102 Å². The second-order valence-corrected chi connectivity index (χ2v) is 4.28. The highest BCUT2D eigenvalue weighted by molar-refractivity contribution is 9.18. The van der Waals surface area contributed by atoms with Gasteiger partial charge in [0.1, 0.15) is 0 Å². The topological polar surface area (TPSA) is 60.2 Å². The molecule has 0 fully saturated rings. The lowest BCUT2D eigenvalue weighted by atomic mass is 9.96. The zero-order chi connectivity index (χ0) is 12.1. The third kappa shape index (κ3) is 3.13. The van der Waals surface area contributed by atoms with Crippen molar-refractivity contribution in [2.45, 2.75) is 25.7 Å². The van der Waals surface area contributed by atoms with Gasteiger partial charge in [0, 0.05) is 12.1 Å². The van der Waals surface area contributed by atoms with E-state index < -0.39 is 4.92 Å². The van der Waals surface area contributed by atoms with Crippen LogP contribution in [0, 0.1) is 10.1 Å². The SMILES string of the molecule is CCCC(C(=O)Br)c1ccc([N+](=O)[O-])cc1. The number of nitro groups is 1. The molecular formula is C11H12BrNO3. The zero-order valence-corrected chi connectivity index (χ0v) is 10.4. The second kappa shape index (κ2) is 5.75. The Hall–Kier alpha value is -1.23. The van der Waals surface area contributed by atoms with Crippen molar-refractivity contribution in [2.75, 3.05) is 0 Å². The van der Waals surface area contributed by atoms with Crippen LogP contribution in [0.1, 0.15) is 31.2 Å². The monoisotopic (exact) mass is 285 g/mol. The standard InChI is InChI=1S/C11H12BrNO3/c1-2-3-10(11(12)14)8-4-6-9(7-5-8)13(15)16/h4-7,10H,2-3H2,1H3. The molecule has 0 aliphatic rings. The molecule has 0 N–H and O–H groups in total. The van der Waals surface area contributed by atoms with Crippen LogP contribution in [0.15, 0.2) is 24.3 Å². The van der Waals surface area contributed by atoms with Gasteiger partial charge < -0.3 is 0 Å². The number of rotatable bonds is 5. The minimum Gasteiger partial charge on any atom is -0.286 e. The molecule has 1 rings (SSSR count). The van der Waals surface area contributed by atoms with E-state index in [9.17, 15) is 14.9 Å². The van der Waals surface area contributed by atoms with Crippen LogP contribution in [0.2, 0.25) is 0 Å². The highest BCUT2D eigenvalue weighted by atomic mass is 79.9. The lowest BCUT2D eigenvalue weighted by molar-refractivity contribution is -0.384. The molecule has 0 spiro atoms. The van der Waals surface area contributed by atoms with Gasteiger partial charge in [-0.1, -0.05) is 25.5 Å². The third-order valence-corrected chi connectivity index (χ3v) is 2.91. The van der Waals surface area contributed by atoms with Crippen LogP contribution in [0.4, 0.5) is 5.69 Å². The van der Waals surface area contributed by atoms with Gasteiger partial charge in [-0.15, -0.1) is 0 Å². The largest absolute Gasteiger partial charge is 0.286 e. The van der Waals surface area contributed by atoms with E-state index in [2.05, 4.69) is 15.9 Å². The van der Waals surface area contributed by atoms with Crippen LogP contribution in [0.3, 0.4) is 0 Å². The summed E-state index contributed by atoms with van der Waals surface area (Å²) >= 11 is 2.95. The molecule has 0 heterocycles. The van der Waals surface area contributed by atoms with Crippen LogP contribution in [0.5, 0.6) is 0 Å². The van der Waals surface area contributed by atoms with E-state index in [1.807, 2.05) is 6.92 Å². The average Bonchev–Trinajstić information content (AvgIpc) is 2.25. The molecule has 0 aliphatic carbocycles. The molecule has 16 heavy (non-hydrogen) atoms. The molecule has 0 aliphatic heterocycles. The van der Waals surface area contributed by atoms with Gasteiger partial charge in [-0.2, -0.15) is 0 Å². The summed E-state index contributed by atoms with van der Waals surface area (Å²) in [6.45, 7) is 1.99. The van der Waals surface area contributed by atoms with Gasteiger partial charge in [0.15, 0.2) is 0 Å². The molecule has 1 atom stereocenters. The normalized spacial score (nSPS) is 12.1. The molecule has 4 nitrogen and oxygen atoms in total. The van der Waals surface area contributed by atoms with Gasteiger partial charge in [-0.25, -0.2) is 0 Å². The summed E-state index contributed by atoms with van der Waals surface area (Å²) in [6.07, 6.45) is 1.63. The molecular weight excluding hydrogens is 274 g/mol. The van der Waals surface area contributed by atoms with Crippen LogP contribution in [0.25, 0.3) is 0 Å². The first-order chi connectivity index (χ1) is 7.56. The molecule has 0 aromatic heterocycles. The van der Waals surface area contributed by atoms with Crippen molar-refractivity contribution in [3.05, 3.63) is 39.9 Å². The van der Waals surface area contributed by atoms with Crippen LogP contribution in [-0.2, 0) is 4.79 Å². The molecule has 0 saturated carbocycles. The lowest BCUT2D eigenvalue weighted by Gasteiger charge is -2.11. The average molecular weight is 286 g/mol. The molecule has 0 amide bonds. The Morgan fingerprint density at radius 1 is 1.44 bits per heavy atom. The quantitative estimate of drug-likeness (QED) is 0.473. The Bertz CT molecular complexity index is 389. The molecule has 1 unspecified atom stereocenters. The fourth-order valence-electron chi connectivity index (χ4n) is 1.53. The van der Waals surface area contributed by atoms with Crippen molar-refractivity contribution in [3.8, 4) is 0 Å². The van der Waals surface area contributed by atoms with E-state index >= 15 is 0 Å². The van der Waals surface area contributed by atoms with Crippen molar-refractivity contribution in [2.24, 2.45) is 0 Å². The summed E-state index contributed by atoms with van der Waals surface area (Å²) in [5.74, 6) is -0.217. The van der Waals surface area contributed by atoms with Gasteiger partial charge >= 0.3 is 0 Å². The smallest absolute Gasteiger partial charge is 0.269 e. The van der Waals surface area contributed by atoms with Crippen molar-refractivity contribution in [1.29, 1.82) is 0 Å². The zero-order valence-electron chi connectivity index (χ0n) is 8.85. The van der Waals surface area contributed by atoms with Gasteiger partial charge in [0.2, 0.25) is 4.69 Å². The number of benzene rings is 1. The highest BCUT2D eigenvalue weighted by Crippen LogP contribution is 2.26. The molecule has 86 valence electrons. The van der Waals surface area contributed by atoms with E-state index in [1.165, 1.54) is 12.1 Å². The number of nitrogens with zero attached hydrogens (tertiary/aromatic N) is 1. The molecule has 1 aromatic carbocycles. The summed E-state index contributed by atoms with van der Waals surface area (Å²) in [5, 5.41) is 10.5.